The summed E-state index contributed by atoms with van der Waals surface area (Å²) in [5.74, 6) is 1.99. The molecule has 1 radical (unpaired) electrons. The van der Waals surface area contributed by atoms with Crippen molar-refractivity contribution in [2.24, 2.45) is 0 Å². The van der Waals surface area contributed by atoms with Crippen LogP contribution in [0.2, 0.25) is 0 Å². The van der Waals surface area contributed by atoms with E-state index in [4.69, 9.17) is 9.47 Å². The van der Waals surface area contributed by atoms with Crippen molar-refractivity contribution in [1.29, 1.82) is 0 Å². The van der Waals surface area contributed by atoms with Crippen molar-refractivity contribution in [1.82, 2.24) is 15.0 Å². The zero-order valence-electron chi connectivity index (χ0n) is 14.9. The van der Waals surface area contributed by atoms with Gasteiger partial charge >= 0.3 is 0 Å². The zero-order chi connectivity index (χ0) is 18.5. The Kier molecular flexibility index (Phi) is 4.96. The van der Waals surface area contributed by atoms with Gasteiger partial charge < -0.3 is 14.8 Å². The number of methoxy groups -OCH3 is 1. The van der Waals surface area contributed by atoms with Crippen LogP contribution in [-0.2, 0) is 0 Å². The van der Waals surface area contributed by atoms with Crippen molar-refractivity contribution >= 4 is 22.4 Å². The van der Waals surface area contributed by atoms with Crippen molar-refractivity contribution in [2.75, 3.05) is 19.0 Å². The van der Waals surface area contributed by atoms with Crippen molar-refractivity contribution in [3.8, 4) is 11.5 Å². The molecule has 135 valence electrons. The largest absolute Gasteiger partial charge is 0.493 e. The Morgan fingerprint density at radius 1 is 1.11 bits per heavy atom. The molecule has 0 saturated heterocycles. The molecule has 6 heteroatoms. The molecule has 1 aromatic carbocycles. The normalized spacial score (nSPS) is 13.3. The first-order valence-electron chi connectivity index (χ1n) is 8.65. The second-order valence-corrected chi connectivity index (χ2v) is 6.01. The van der Waals surface area contributed by atoms with Gasteiger partial charge in [-0.15, -0.1) is 0 Å². The Morgan fingerprint density at radius 3 is 2.78 bits per heavy atom. The number of benzene rings is 1. The molecular weight excluding hydrogens is 340 g/mol. The molecule has 6 nitrogen and oxygen atoms in total. The minimum Gasteiger partial charge on any atom is -0.493 e. The molecule has 2 aromatic heterocycles. The summed E-state index contributed by atoms with van der Waals surface area (Å²) in [6.07, 6.45) is 14.3. The van der Waals surface area contributed by atoms with E-state index in [-0.39, 0.29) is 0 Å². The molecule has 1 aliphatic carbocycles. The molecule has 0 spiro atoms. The van der Waals surface area contributed by atoms with Gasteiger partial charge in [-0.05, 0) is 36.6 Å². The number of hydrogen-bond acceptors (Lipinski definition) is 6. The molecule has 0 amide bonds. The van der Waals surface area contributed by atoms with Crippen LogP contribution in [0.3, 0.4) is 0 Å². The SMILES string of the molecule is COc1cc2c(Nc3ccncc3)ncnc2cc1OCC1=C[CH]CC=C1. The molecule has 0 fully saturated rings. The van der Waals surface area contributed by atoms with Crippen LogP contribution in [-0.4, -0.2) is 28.7 Å². The van der Waals surface area contributed by atoms with Crippen LogP contribution in [0.4, 0.5) is 11.5 Å². The number of rotatable bonds is 6. The lowest BCUT2D eigenvalue weighted by Crippen LogP contribution is -2.03. The summed E-state index contributed by atoms with van der Waals surface area (Å²) < 4.78 is 11.5. The summed E-state index contributed by atoms with van der Waals surface area (Å²) in [6.45, 7) is 0.474. The van der Waals surface area contributed by atoms with Crippen molar-refractivity contribution in [3.05, 3.63) is 73.2 Å². The van der Waals surface area contributed by atoms with Gasteiger partial charge in [0.25, 0.3) is 0 Å². The zero-order valence-corrected chi connectivity index (χ0v) is 14.9. The van der Waals surface area contributed by atoms with Crippen LogP contribution in [0.1, 0.15) is 6.42 Å². The number of nitrogens with zero attached hydrogens (tertiary/aromatic N) is 3. The van der Waals surface area contributed by atoms with E-state index in [1.165, 1.54) is 6.33 Å². The molecule has 0 aliphatic heterocycles. The molecule has 3 aromatic rings. The van der Waals surface area contributed by atoms with Crippen molar-refractivity contribution in [3.63, 3.8) is 0 Å². The molecular formula is C21H19N4O2. The van der Waals surface area contributed by atoms with Gasteiger partial charge in [-0.25, -0.2) is 9.97 Å². The number of anilines is 2. The first kappa shape index (κ1) is 17.0. The lowest BCUT2D eigenvalue weighted by molar-refractivity contribution is 0.322. The topological polar surface area (TPSA) is 69.2 Å². The third-order valence-electron chi connectivity index (χ3n) is 4.19. The number of allylic oxidation sites excluding steroid dienone is 2. The quantitative estimate of drug-likeness (QED) is 0.710. The Morgan fingerprint density at radius 2 is 2.00 bits per heavy atom. The molecule has 0 bridgehead atoms. The molecule has 0 saturated carbocycles. The standard InChI is InChI=1S/C21H19N4O2/c1-26-19-11-17-18(12-20(19)27-13-15-5-3-2-4-6-15)23-14-24-21(17)25-16-7-9-22-10-8-16/h3-12,14H,2,13H2,1H3,(H,22,23,24,25). The van der Waals surface area contributed by atoms with Crippen molar-refractivity contribution < 1.29 is 9.47 Å². The van der Waals surface area contributed by atoms with Gasteiger partial charge in [0.15, 0.2) is 11.5 Å². The second kappa shape index (κ2) is 7.86. The summed E-state index contributed by atoms with van der Waals surface area (Å²) in [6, 6.07) is 7.53. The van der Waals surface area contributed by atoms with Gasteiger partial charge in [0.2, 0.25) is 0 Å². The van der Waals surface area contributed by atoms with E-state index in [9.17, 15) is 0 Å². The summed E-state index contributed by atoms with van der Waals surface area (Å²) in [4.78, 5) is 12.8. The van der Waals surface area contributed by atoms with Gasteiger partial charge in [-0.2, -0.15) is 0 Å². The maximum atomic E-state index is 5.98. The van der Waals surface area contributed by atoms with E-state index in [0.717, 1.165) is 28.6 Å². The molecule has 4 rings (SSSR count). The average molecular weight is 359 g/mol. The third-order valence-corrected chi connectivity index (χ3v) is 4.19. The number of hydrogen-bond donors (Lipinski definition) is 1. The fourth-order valence-corrected chi connectivity index (χ4v) is 2.84. The Balaban J connectivity index is 1.64. The van der Waals surface area contributed by atoms with E-state index in [1.807, 2.05) is 24.3 Å². The van der Waals surface area contributed by atoms with Crippen LogP contribution in [0, 0.1) is 6.42 Å². The number of pyridine rings is 1. The number of aromatic nitrogens is 3. The van der Waals surface area contributed by atoms with E-state index in [1.54, 1.807) is 19.5 Å². The summed E-state index contributed by atoms with van der Waals surface area (Å²) in [7, 11) is 1.63. The predicted octanol–water partition coefficient (Wildman–Crippen LogP) is 4.25. The minimum atomic E-state index is 0.474. The Labute approximate surface area is 157 Å². The molecule has 2 heterocycles. The molecule has 0 unspecified atom stereocenters. The smallest absolute Gasteiger partial charge is 0.163 e. The van der Waals surface area contributed by atoms with Crippen LogP contribution >= 0.6 is 0 Å². The number of nitrogens with one attached hydrogen (secondary N) is 1. The van der Waals surface area contributed by atoms with Crippen LogP contribution < -0.4 is 14.8 Å². The molecule has 0 atom stereocenters. The monoisotopic (exact) mass is 359 g/mol. The van der Waals surface area contributed by atoms with Crippen LogP contribution in [0.15, 0.2) is 66.8 Å². The first-order valence-corrected chi connectivity index (χ1v) is 8.65. The minimum absolute atomic E-state index is 0.474. The van der Waals surface area contributed by atoms with E-state index >= 15 is 0 Å². The fourth-order valence-electron chi connectivity index (χ4n) is 2.84. The Hall–Kier alpha value is -3.41. The maximum absolute atomic E-state index is 5.98. The van der Waals surface area contributed by atoms with E-state index < -0.39 is 0 Å². The highest BCUT2D eigenvalue weighted by Crippen LogP contribution is 2.35. The lowest BCUT2D eigenvalue weighted by atomic mass is 10.1. The highest BCUT2D eigenvalue weighted by Gasteiger charge is 2.12. The van der Waals surface area contributed by atoms with Gasteiger partial charge in [0, 0.05) is 29.5 Å². The summed E-state index contributed by atoms with van der Waals surface area (Å²) >= 11 is 0. The van der Waals surface area contributed by atoms with Crippen LogP contribution in [0.25, 0.3) is 10.9 Å². The predicted molar refractivity (Wildman–Crippen MR) is 105 cm³/mol. The highest BCUT2D eigenvalue weighted by molar-refractivity contribution is 5.93. The van der Waals surface area contributed by atoms with Gasteiger partial charge in [0.1, 0.15) is 18.8 Å². The second-order valence-electron chi connectivity index (χ2n) is 6.01. The van der Waals surface area contributed by atoms with Crippen LogP contribution in [0.5, 0.6) is 11.5 Å². The van der Waals surface area contributed by atoms with Gasteiger partial charge in [0.05, 0.1) is 12.6 Å². The van der Waals surface area contributed by atoms with Crippen molar-refractivity contribution in [2.45, 2.75) is 6.42 Å². The summed E-state index contributed by atoms with van der Waals surface area (Å²) in [5.41, 5.74) is 2.79. The Bertz CT molecular complexity index is 1000. The number of fused-ring (bicyclic) bond motifs is 1. The average Bonchev–Trinajstić information content (AvgIpc) is 2.73. The van der Waals surface area contributed by atoms with E-state index in [0.29, 0.717) is 23.9 Å². The number of ether oxygens (including phenoxy) is 2. The summed E-state index contributed by atoms with van der Waals surface area (Å²) in [5, 5.41) is 4.14. The third kappa shape index (κ3) is 3.89. The van der Waals surface area contributed by atoms with E-state index in [2.05, 4.69) is 44.9 Å². The molecule has 1 N–H and O–H groups in total. The molecule has 27 heavy (non-hydrogen) atoms. The highest BCUT2D eigenvalue weighted by atomic mass is 16.5. The van der Waals surface area contributed by atoms with Gasteiger partial charge in [-0.3, -0.25) is 4.98 Å². The fraction of sp³-hybridized carbons (Fsp3) is 0.143. The van der Waals surface area contributed by atoms with Gasteiger partial charge in [-0.1, -0.05) is 18.2 Å². The first-order chi connectivity index (χ1) is 13.3. The lowest BCUT2D eigenvalue weighted by Gasteiger charge is -2.14. The molecule has 1 aliphatic rings. The maximum Gasteiger partial charge on any atom is 0.163 e.